The van der Waals surface area contributed by atoms with Crippen molar-refractivity contribution in [2.75, 3.05) is 0 Å². The highest BCUT2D eigenvalue weighted by Crippen LogP contribution is 2.26. The third-order valence-corrected chi connectivity index (χ3v) is 2.58. The minimum absolute atomic E-state index is 0.328. The van der Waals surface area contributed by atoms with Gasteiger partial charge in [-0.05, 0) is 26.0 Å². The van der Waals surface area contributed by atoms with Crippen molar-refractivity contribution >= 4 is 5.97 Å². The molecular weight excluding hydrogens is 230 g/mol. The number of hydrogen-bond acceptors (Lipinski definition) is 4. The van der Waals surface area contributed by atoms with Crippen LogP contribution < -0.4 is 0 Å². The summed E-state index contributed by atoms with van der Waals surface area (Å²) in [6.45, 7) is 4.97. The zero-order valence-corrected chi connectivity index (χ0v) is 10.6. The topological polar surface area (TPSA) is 52.3 Å². The molecule has 1 heterocycles. The van der Waals surface area contributed by atoms with E-state index in [-0.39, 0.29) is 5.97 Å². The molecule has 0 aliphatic rings. The first-order chi connectivity index (χ1) is 8.58. The van der Waals surface area contributed by atoms with Crippen LogP contribution in [0.1, 0.15) is 31.4 Å². The molecule has 18 heavy (non-hydrogen) atoms. The molecule has 2 aromatic rings. The highest BCUT2D eigenvalue weighted by Gasteiger charge is 2.18. The fraction of sp³-hybridized carbons (Fsp3) is 0.286. The van der Waals surface area contributed by atoms with Gasteiger partial charge in [-0.3, -0.25) is 4.79 Å². The zero-order valence-electron chi connectivity index (χ0n) is 10.6. The van der Waals surface area contributed by atoms with Crippen LogP contribution in [0, 0.1) is 6.92 Å². The predicted octanol–water partition coefficient (Wildman–Crippen LogP) is 3.27. The normalized spacial score (nSPS) is 12.2. The molecule has 1 aromatic carbocycles. The van der Waals surface area contributed by atoms with Gasteiger partial charge in [0, 0.05) is 12.5 Å². The Morgan fingerprint density at radius 3 is 2.61 bits per heavy atom. The van der Waals surface area contributed by atoms with Crippen molar-refractivity contribution in [3.63, 3.8) is 0 Å². The standard InChI is InChI=1S/C14H15NO3/c1-9(17-11(3)16)13-10(2)18-14(15-13)12-7-5-4-6-8-12/h4-9H,1-3H3. The minimum Gasteiger partial charge on any atom is -0.456 e. The number of rotatable bonds is 3. The molecule has 0 amide bonds. The van der Waals surface area contributed by atoms with Gasteiger partial charge in [0.05, 0.1) is 0 Å². The first-order valence-electron chi connectivity index (χ1n) is 5.78. The van der Waals surface area contributed by atoms with E-state index >= 15 is 0 Å². The summed E-state index contributed by atoms with van der Waals surface area (Å²) in [5.41, 5.74) is 1.56. The maximum Gasteiger partial charge on any atom is 0.303 e. The van der Waals surface area contributed by atoms with E-state index < -0.39 is 6.10 Å². The lowest BCUT2D eigenvalue weighted by Crippen LogP contribution is -2.06. The lowest BCUT2D eigenvalue weighted by Gasteiger charge is -2.08. The Hall–Kier alpha value is -2.10. The summed E-state index contributed by atoms with van der Waals surface area (Å²) in [5, 5.41) is 0. The predicted molar refractivity (Wildman–Crippen MR) is 66.9 cm³/mol. The molecular formula is C14H15NO3. The number of benzene rings is 1. The van der Waals surface area contributed by atoms with E-state index in [9.17, 15) is 4.79 Å². The van der Waals surface area contributed by atoms with Crippen LogP contribution in [0.15, 0.2) is 34.7 Å². The van der Waals surface area contributed by atoms with Gasteiger partial charge in [0.1, 0.15) is 17.6 Å². The number of oxazole rings is 1. The molecule has 0 fully saturated rings. The van der Waals surface area contributed by atoms with E-state index in [1.165, 1.54) is 6.92 Å². The van der Waals surface area contributed by atoms with Gasteiger partial charge in [0.2, 0.25) is 5.89 Å². The Kier molecular flexibility index (Phi) is 3.46. The van der Waals surface area contributed by atoms with Crippen molar-refractivity contribution in [2.45, 2.75) is 26.9 Å². The molecule has 0 aliphatic carbocycles. The van der Waals surface area contributed by atoms with Crippen LogP contribution in [-0.2, 0) is 9.53 Å². The van der Waals surface area contributed by atoms with Gasteiger partial charge < -0.3 is 9.15 Å². The van der Waals surface area contributed by atoms with E-state index in [0.717, 1.165) is 5.56 Å². The zero-order chi connectivity index (χ0) is 13.1. The molecule has 4 heteroatoms. The summed E-state index contributed by atoms with van der Waals surface area (Å²) in [7, 11) is 0. The molecule has 0 saturated heterocycles. The van der Waals surface area contributed by atoms with Gasteiger partial charge in [0.25, 0.3) is 0 Å². The monoisotopic (exact) mass is 245 g/mol. The fourth-order valence-corrected chi connectivity index (χ4v) is 1.79. The van der Waals surface area contributed by atoms with Crippen LogP contribution in [0.25, 0.3) is 11.5 Å². The lowest BCUT2D eigenvalue weighted by atomic mass is 10.2. The van der Waals surface area contributed by atoms with Crippen LogP contribution in [0.4, 0.5) is 0 Å². The summed E-state index contributed by atoms with van der Waals surface area (Å²) >= 11 is 0. The van der Waals surface area contributed by atoms with Crippen molar-refractivity contribution in [1.82, 2.24) is 4.98 Å². The molecule has 94 valence electrons. The van der Waals surface area contributed by atoms with Gasteiger partial charge in [-0.25, -0.2) is 4.98 Å². The molecule has 1 unspecified atom stereocenters. The molecule has 0 bridgehead atoms. The average Bonchev–Trinajstić information content (AvgIpc) is 2.72. The van der Waals surface area contributed by atoms with Crippen molar-refractivity contribution in [3.05, 3.63) is 41.8 Å². The Bertz CT molecular complexity index is 545. The highest BCUT2D eigenvalue weighted by molar-refractivity contribution is 5.66. The molecule has 0 aliphatic heterocycles. The second kappa shape index (κ2) is 5.04. The average molecular weight is 245 g/mol. The summed E-state index contributed by atoms with van der Waals surface area (Å²) in [6, 6.07) is 9.62. The number of ether oxygens (including phenoxy) is 1. The third-order valence-electron chi connectivity index (χ3n) is 2.58. The Morgan fingerprint density at radius 2 is 2.00 bits per heavy atom. The van der Waals surface area contributed by atoms with Crippen LogP contribution in [0.5, 0.6) is 0 Å². The van der Waals surface area contributed by atoms with Crippen molar-refractivity contribution in [2.24, 2.45) is 0 Å². The molecule has 1 atom stereocenters. The van der Waals surface area contributed by atoms with Crippen molar-refractivity contribution in [1.29, 1.82) is 0 Å². The lowest BCUT2D eigenvalue weighted by molar-refractivity contribution is -0.146. The van der Waals surface area contributed by atoms with Gasteiger partial charge >= 0.3 is 5.97 Å². The number of aromatic nitrogens is 1. The van der Waals surface area contributed by atoms with Crippen LogP contribution in [-0.4, -0.2) is 11.0 Å². The largest absolute Gasteiger partial charge is 0.456 e. The molecule has 1 aromatic heterocycles. The van der Waals surface area contributed by atoms with E-state index in [1.807, 2.05) is 37.3 Å². The fourth-order valence-electron chi connectivity index (χ4n) is 1.79. The first kappa shape index (κ1) is 12.4. The van der Waals surface area contributed by atoms with Crippen molar-refractivity contribution in [3.8, 4) is 11.5 Å². The molecule has 2 rings (SSSR count). The summed E-state index contributed by atoms with van der Waals surface area (Å²) in [4.78, 5) is 15.3. The van der Waals surface area contributed by atoms with Crippen LogP contribution >= 0.6 is 0 Å². The van der Waals surface area contributed by atoms with Gasteiger partial charge in [-0.2, -0.15) is 0 Å². The Labute approximate surface area is 106 Å². The van der Waals surface area contributed by atoms with Gasteiger partial charge in [-0.15, -0.1) is 0 Å². The van der Waals surface area contributed by atoms with Gasteiger partial charge in [-0.1, -0.05) is 18.2 Å². The Morgan fingerprint density at radius 1 is 1.33 bits per heavy atom. The van der Waals surface area contributed by atoms with Gasteiger partial charge in [0.15, 0.2) is 0 Å². The van der Waals surface area contributed by atoms with Crippen molar-refractivity contribution < 1.29 is 13.9 Å². The third kappa shape index (κ3) is 2.59. The molecule has 0 saturated carbocycles. The maximum atomic E-state index is 10.9. The highest BCUT2D eigenvalue weighted by atomic mass is 16.5. The maximum absolute atomic E-state index is 10.9. The van der Waals surface area contributed by atoms with Crippen LogP contribution in [0.3, 0.4) is 0 Å². The first-order valence-corrected chi connectivity index (χ1v) is 5.78. The van der Waals surface area contributed by atoms with E-state index in [2.05, 4.69) is 4.98 Å². The summed E-state index contributed by atoms with van der Waals surface area (Å²) in [5.74, 6) is 0.885. The summed E-state index contributed by atoms with van der Waals surface area (Å²) < 4.78 is 10.7. The smallest absolute Gasteiger partial charge is 0.303 e. The number of carbonyl (C=O) groups is 1. The number of nitrogens with zero attached hydrogens (tertiary/aromatic N) is 1. The minimum atomic E-state index is -0.399. The quantitative estimate of drug-likeness (QED) is 0.779. The van der Waals surface area contributed by atoms with E-state index in [1.54, 1.807) is 6.92 Å². The van der Waals surface area contributed by atoms with E-state index in [4.69, 9.17) is 9.15 Å². The SMILES string of the molecule is CC(=O)OC(C)c1nc(-c2ccccc2)oc1C. The molecule has 0 spiro atoms. The van der Waals surface area contributed by atoms with E-state index in [0.29, 0.717) is 17.3 Å². The number of aryl methyl sites for hydroxylation is 1. The number of carbonyl (C=O) groups excluding carboxylic acids is 1. The Balaban J connectivity index is 2.30. The molecule has 0 N–H and O–H groups in total. The second-order valence-corrected chi connectivity index (χ2v) is 4.08. The molecule has 0 radical (unpaired) electrons. The number of hydrogen-bond donors (Lipinski definition) is 0. The molecule has 4 nitrogen and oxygen atoms in total. The number of esters is 1. The van der Waals surface area contributed by atoms with Crippen LogP contribution in [0.2, 0.25) is 0 Å². The second-order valence-electron chi connectivity index (χ2n) is 4.08. The summed E-state index contributed by atoms with van der Waals surface area (Å²) in [6.07, 6.45) is -0.399.